The normalized spacial score (nSPS) is 10.4. The zero-order chi connectivity index (χ0) is 19.8. The molecule has 3 rings (SSSR count). The summed E-state index contributed by atoms with van der Waals surface area (Å²) in [7, 11) is 0. The van der Waals surface area contributed by atoms with Gasteiger partial charge in [-0.3, -0.25) is 9.78 Å². The highest BCUT2D eigenvalue weighted by atomic mass is 19.1. The standard InChI is InChI=1S/C22H22FN3O2/c1-2-28-21-9-7-19(8-10-21)26-22(27)17-13-20(15-24-14-17)25-12-11-16-3-5-18(23)6-4-16/h3-10,13-15,25H,2,11-12H2,1H3,(H,26,27). The predicted octanol–water partition coefficient (Wildman–Crippen LogP) is 4.53. The quantitative estimate of drug-likeness (QED) is 0.604. The number of nitrogens with zero attached hydrogens (tertiary/aromatic N) is 1. The molecule has 0 aliphatic heterocycles. The van der Waals surface area contributed by atoms with Crippen LogP contribution in [0.3, 0.4) is 0 Å². The molecule has 0 unspecified atom stereocenters. The van der Waals surface area contributed by atoms with E-state index in [1.54, 1.807) is 36.5 Å². The van der Waals surface area contributed by atoms with E-state index < -0.39 is 0 Å². The molecule has 2 N–H and O–H groups in total. The zero-order valence-electron chi connectivity index (χ0n) is 15.6. The first kappa shape index (κ1) is 19.4. The van der Waals surface area contributed by atoms with Crippen molar-refractivity contribution in [3.63, 3.8) is 0 Å². The van der Waals surface area contributed by atoms with Crippen molar-refractivity contribution >= 4 is 17.3 Å². The van der Waals surface area contributed by atoms with E-state index in [0.717, 1.165) is 23.4 Å². The fraction of sp³-hybridized carbons (Fsp3) is 0.182. The molecular weight excluding hydrogens is 357 g/mol. The molecular formula is C22H22FN3O2. The Bertz CT molecular complexity index is 912. The number of hydrogen-bond donors (Lipinski definition) is 2. The van der Waals surface area contributed by atoms with Gasteiger partial charge >= 0.3 is 0 Å². The molecule has 0 aliphatic carbocycles. The summed E-state index contributed by atoms with van der Waals surface area (Å²) < 4.78 is 18.3. The van der Waals surface area contributed by atoms with Crippen molar-refractivity contribution in [3.05, 3.63) is 83.9 Å². The molecule has 0 saturated carbocycles. The van der Waals surface area contributed by atoms with Crippen LogP contribution >= 0.6 is 0 Å². The maximum atomic E-state index is 12.9. The largest absolute Gasteiger partial charge is 0.494 e. The Hall–Kier alpha value is -3.41. The molecule has 0 aliphatic rings. The first-order valence-corrected chi connectivity index (χ1v) is 9.11. The van der Waals surface area contributed by atoms with E-state index in [1.165, 1.54) is 18.3 Å². The van der Waals surface area contributed by atoms with Gasteiger partial charge in [-0.1, -0.05) is 12.1 Å². The van der Waals surface area contributed by atoms with Crippen molar-refractivity contribution < 1.29 is 13.9 Å². The van der Waals surface area contributed by atoms with Crippen LogP contribution in [0.4, 0.5) is 15.8 Å². The lowest BCUT2D eigenvalue weighted by atomic mass is 10.1. The van der Waals surface area contributed by atoms with Gasteiger partial charge in [0.2, 0.25) is 0 Å². The third-order valence-corrected chi connectivity index (χ3v) is 4.08. The second kappa shape index (κ2) is 9.50. The summed E-state index contributed by atoms with van der Waals surface area (Å²) in [4.78, 5) is 16.6. The van der Waals surface area contributed by atoms with E-state index in [9.17, 15) is 9.18 Å². The molecule has 28 heavy (non-hydrogen) atoms. The number of ether oxygens (including phenoxy) is 1. The van der Waals surface area contributed by atoms with Crippen LogP contribution in [0.15, 0.2) is 67.0 Å². The maximum absolute atomic E-state index is 12.9. The van der Waals surface area contributed by atoms with Gasteiger partial charge in [0.05, 0.1) is 17.9 Å². The van der Waals surface area contributed by atoms with Crippen molar-refractivity contribution in [2.45, 2.75) is 13.3 Å². The molecule has 0 atom stereocenters. The second-order valence-corrected chi connectivity index (χ2v) is 6.18. The Morgan fingerprint density at radius 1 is 1.04 bits per heavy atom. The first-order chi connectivity index (χ1) is 13.6. The highest BCUT2D eigenvalue weighted by Crippen LogP contribution is 2.17. The molecule has 3 aromatic rings. The van der Waals surface area contributed by atoms with Gasteiger partial charge < -0.3 is 15.4 Å². The summed E-state index contributed by atoms with van der Waals surface area (Å²) in [6.07, 6.45) is 3.93. The molecule has 5 nitrogen and oxygen atoms in total. The summed E-state index contributed by atoms with van der Waals surface area (Å²) in [6.45, 7) is 3.17. The van der Waals surface area contributed by atoms with Crippen molar-refractivity contribution in [1.29, 1.82) is 0 Å². The van der Waals surface area contributed by atoms with Gasteiger partial charge in [-0.25, -0.2) is 4.39 Å². The van der Waals surface area contributed by atoms with Crippen LogP contribution in [0.2, 0.25) is 0 Å². The van der Waals surface area contributed by atoms with E-state index >= 15 is 0 Å². The van der Waals surface area contributed by atoms with Gasteiger partial charge in [-0.15, -0.1) is 0 Å². The molecule has 6 heteroatoms. The minimum Gasteiger partial charge on any atom is -0.494 e. The number of amides is 1. The number of pyridine rings is 1. The van der Waals surface area contributed by atoms with E-state index in [0.29, 0.717) is 24.4 Å². The average molecular weight is 379 g/mol. The maximum Gasteiger partial charge on any atom is 0.257 e. The van der Waals surface area contributed by atoms with Gasteiger partial charge in [-0.05, 0) is 61.4 Å². The van der Waals surface area contributed by atoms with Crippen LogP contribution in [0.1, 0.15) is 22.8 Å². The summed E-state index contributed by atoms with van der Waals surface area (Å²) in [6, 6.07) is 15.4. The smallest absolute Gasteiger partial charge is 0.257 e. The highest BCUT2D eigenvalue weighted by molar-refractivity contribution is 6.04. The Labute approximate surface area is 163 Å². The van der Waals surface area contributed by atoms with Gasteiger partial charge in [0.1, 0.15) is 11.6 Å². The molecule has 144 valence electrons. The van der Waals surface area contributed by atoms with Crippen molar-refractivity contribution in [1.82, 2.24) is 4.98 Å². The number of aromatic nitrogens is 1. The predicted molar refractivity (Wildman–Crippen MR) is 108 cm³/mol. The van der Waals surface area contributed by atoms with E-state index in [2.05, 4.69) is 15.6 Å². The fourth-order valence-electron chi connectivity index (χ4n) is 2.67. The monoisotopic (exact) mass is 379 g/mol. The summed E-state index contributed by atoms with van der Waals surface area (Å²) in [5.41, 5.74) is 2.93. The number of hydrogen-bond acceptors (Lipinski definition) is 4. The lowest BCUT2D eigenvalue weighted by molar-refractivity contribution is 0.102. The molecule has 1 amide bonds. The first-order valence-electron chi connectivity index (χ1n) is 9.11. The molecule has 0 bridgehead atoms. The highest BCUT2D eigenvalue weighted by Gasteiger charge is 2.08. The number of carbonyl (C=O) groups is 1. The molecule has 0 saturated heterocycles. The number of halogens is 1. The van der Waals surface area contributed by atoms with Gasteiger partial charge in [-0.2, -0.15) is 0 Å². The minimum atomic E-state index is -0.243. The van der Waals surface area contributed by atoms with Crippen LogP contribution in [0, 0.1) is 5.82 Å². The van der Waals surface area contributed by atoms with Gasteiger partial charge in [0.15, 0.2) is 0 Å². The number of benzene rings is 2. The Balaban J connectivity index is 1.55. The van der Waals surface area contributed by atoms with Crippen LogP contribution < -0.4 is 15.4 Å². The summed E-state index contributed by atoms with van der Waals surface area (Å²) in [5.74, 6) is 0.278. The van der Waals surface area contributed by atoms with Gasteiger partial charge in [0, 0.05) is 24.6 Å². The lowest BCUT2D eigenvalue weighted by Gasteiger charge is -2.09. The summed E-state index contributed by atoms with van der Waals surface area (Å²) in [5, 5.41) is 6.08. The number of carbonyl (C=O) groups excluding carboxylic acids is 1. The van der Waals surface area contributed by atoms with Gasteiger partial charge in [0.25, 0.3) is 5.91 Å². The van der Waals surface area contributed by atoms with Crippen LogP contribution in [-0.4, -0.2) is 24.0 Å². The third kappa shape index (κ3) is 5.54. The van der Waals surface area contributed by atoms with Crippen LogP contribution in [-0.2, 0) is 6.42 Å². The zero-order valence-corrected chi connectivity index (χ0v) is 15.6. The number of anilines is 2. The Morgan fingerprint density at radius 2 is 1.79 bits per heavy atom. The molecule has 1 heterocycles. The molecule has 0 fully saturated rings. The number of rotatable bonds is 8. The van der Waals surface area contributed by atoms with E-state index in [-0.39, 0.29) is 11.7 Å². The average Bonchev–Trinajstić information content (AvgIpc) is 2.71. The second-order valence-electron chi connectivity index (χ2n) is 6.18. The summed E-state index contributed by atoms with van der Waals surface area (Å²) >= 11 is 0. The molecule has 1 aromatic heterocycles. The van der Waals surface area contributed by atoms with E-state index in [1.807, 2.05) is 19.1 Å². The lowest BCUT2D eigenvalue weighted by Crippen LogP contribution is -2.13. The molecule has 0 radical (unpaired) electrons. The van der Waals surface area contributed by atoms with E-state index in [4.69, 9.17) is 4.74 Å². The Kier molecular flexibility index (Phi) is 6.57. The Morgan fingerprint density at radius 3 is 2.50 bits per heavy atom. The van der Waals surface area contributed by atoms with Crippen LogP contribution in [0.25, 0.3) is 0 Å². The van der Waals surface area contributed by atoms with Crippen molar-refractivity contribution in [2.24, 2.45) is 0 Å². The number of nitrogens with one attached hydrogen (secondary N) is 2. The van der Waals surface area contributed by atoms with Crippen LogP contribution in [0.5, 0.6) is 5.75 Å². The molecule has 2 aromatic carbocycles. The fourth-order valence-corrected chi connectivity index (χ4v) is 2.67. The minimum absolute atomic E-state index is 0.237. The third-order valence-electron chi connectivity index (χ3n) is 4.08. The van der Waals surface area contributed by atoms with Crippen molar-refractivity contribution in [2.75, 3.05) is 23.8 Å². The SMILES string of the molecule is CCOc1ccc(NC(=O)c2cncc(NCCc3ccc(F)cc3)c2)cc1. The van der Waals surface area contributed by atoms with Crippen molar-refractivity contribution in [3.8, 4) is 5.75 Å². The topological polar surface area (TPSA) is 63.2 Å². The molecule has 0 spiro atoms.